The molecule has 67 valence electrons. The zero-order valence-corrected chi connectivity index (χ0v) is 8.67. The van der Waals surface area contributed by atoms with Crippen molar-refractivity contribution in [3.8, 4) is 11.5 Å². The fourth-order valence-corrected chi connectivity index (χ4v) is 0.669. The molecule has 0 aliphatic rings. The van der Waals surface area contributed by atoms with Crippen LogP contribution in [-0.4, -0.2) is 23.5 Å². The van der Waals surface area contributed by atoms with Crippen LogP contribution in [0.2, 0.25) is 0 Å². The maximum absolute atomic E-state index is 10.1. The molecule has 1 rings (SSSR count). The average Bonchev–Trinajstić information content (AvgIpc) is 2.04. The van der Waals surface area contributed by atoms with E-state index in [4.69, 9.17) is 9.84 Å². The summed E-state index contributed by atoms with van der Waals surface area (Å²) in [7, 11) is 1.41. The minimum Gasteiger partial charge on any atom is -0.504 e. The number of nitrogens with zero attached hydrogens (tertiary/aromatic N) is 1. The molecule has 1 aromatic heterocycles. The van der Waals surface area contributed by atoms with Gasteiger partial charge in [0.2, 0.25) is 0 Å². The Hall–Kier alpha value is -0.931. The molecule has 0 bridgehead atoms. The summed E-state index contributed by atoms with van der Waals surface area (Å²) in [6, 6.07) is 1.24. The Labute approximate surface area is 82.9 Å². The van der Waals surface area contributed by atoms with Gasteiger partial charge in [-0.1, -0.05) is 0 Å². The molecule has 0 spiro atoms. The Morgan fingerprint density at radius 1 is 1.67 bits per heavy atom. The van der Waals surface area contributed by atoms with Crippen molar-refractivity contribution in [3.05, 3.63) is 18.0 Å². The fraction of sp³-hybridized carbons (Fsp3) is 0.143. The molecule has 0 fully saturated rings. The molecule has 1 heterocycles. The van der Waals surface area contributed by atoms with Gasteiger partial charge in [0.15, 0.2) is 17.8 Å². The van der Waals surface area contributed by atoms with E-state index in [0.717, 1.165) is 0 Å². The van der Waals surface area contributed by atoms with Crippen LogP contribution in [0, 0.1) is 0 Å². The number of rotatable bonds is 2. The average molecular weight is 345 g/mol. The van der Waals surface area contributed by atoms with Crippen LogP contribution in [0.1, 0.15) is 10.5 Å². The number of hydrogen-bond donors (Lipinski definition) is 1. The van der Waals surface area contributed by atoms with E-state index in [-0.39, 0.29) is 37.3 Å². The molecule has 12 heavy (non-hydrogen) atoms. The van der Waals surface area contributed by atoms with Gasteiger partial charge >= 0.3 is 0 Å². The molecule has 0 saturated carbocycles. The number of aromatic nitrogens is 1. The molecule has 1 radical (unpaired) electrons. The van der Waals surface area contributed by atoms with Crippen molar-refractivity contribution < 1.29 is 34.7 Å². The van der Waals surface area contributed by atoms with Gasteiger partial charge in [-0.2, -0.15) is 0 Å². The van der Waals surface area contributed by atoms with Crippen LogP contribution in [0.3, 0.4) is 0 Å². The molecule has 0 aliphatic carbocycles. The quantitative estimate of drug-likeness (QED) is 0.798. The first-order valence-electron chi connectivity index (χ1n) is 2.96. The Morgan fingerprint density at radius 2 is 2.33 bits per heavy atom. The van der Waals surface area contributed by atoms with E-state index in [1.807, 2.05) is 0 Å². The molecule has 0 saturated heterocycles. The van der Waals surface area contributed by atoms with Gasteiger partial charge in [-0.3, -0.25) is 4.79 Å². The second-order valence-corrected chi connectivity index (χ2v) is 1.90. The summed E-state index contributed by atoms with van der Waals surface area (Å²) in [4.78, 5) is 13.8. The second-order valence-electron chi connectivity index (χ2n) is 1.90. The van der Waals surface area contributed by atoms with Crippen molar-refractivity contribution in [3.63, 3.8) is 0 Å². The maximum Gasteiger partial charge on any atom is 0.178 e. The van der Waals surface area contributed by atoms with Gasteiger partial charge < -0.3 is 9.84 Å². The van der Waals surface area contributed by atoms with Gasteiger partial charge in [-0.05, 0) is 0 Å². The SMILES string of the molecule is COc1cnc(C=O)cc1O.[Ir]. The normalized spacial score (nSPS) is 8.42. The number of pyridine rings is 1. The Bertz CT molecular complexity index is 277. The van der Waals surface area contributed by atoms with Crippen molar-refractivity contribution in [2.24, 2.45) is 0 Å². The molecule has 0 amide bonds. The zero-order valence-electron chi connectivity index (χ0n) is 6.28. The minimum absolute atomic E-state index is 0. The number of hydrogen-bond acceptors (Lipinski definition) is 4. The monoisotopic (exact) mass is 346 g/mol. The molecule has 0 atom stereocenters. The van der Waals surface area contributed by atoms with E-state index in [0.29, 0.717) is 6.29 Å². The summed E-state index contributed by atoms with van der Waals surface area (Å²) in [6.07, 6.45) is 1.85. The van der Waals surface area contributed by atoms with Crippen LogP contribution in [0.4, 0.5) is 0 Å². The molecule has 1 N–H and O–H groups in total. The largest absolute Gasteiger partial charge is 0.504 e. The van der Waals surface area contributed by atoms with E-state index in [9.17, 15) is 4.79 Å². The van der Waals surface area contributed by atoms with E-state index < -0.39 is 0 Å². The molecule has 0 aliphatic heterocycles. The first-order valence-corrected chi connectivity index (χ1v) is 2.96. The first-order chi connectivity index (χ1) is 5.27. The molecule has 5 heteroatoms. The zero-order chi connectivity index (χ0) is 8.27. The standard InChI is InChI=1S/C7H7NO3.Ir/c1-11-7-3-8-5(4-9)2-6(7)10;/h2-4H,1H3,(H,8,10);. The smallest absolute Gasteiger partial charge is 0.178 e. The number of carbonyl (C=O) groups is 1. The summed E-state index contributed by atoms with van der Waals surface area (Å²) in [5.74, 6) is 0.181. The molecule has 0 unspecified atom stereocenters. The van der Waals surface area contributed by atoms with Crippen molar-refractivity contribution in [2.45, 2.75) is 0 Å². The van der Waals surface area contributed by atoms with Crippen molar-refractivity contribution in [1.82, 2.24) is 4.98 Å². The third kappa shape index (κ3) is 2.29. The van der Waals surface area contributed by atoms with E-state index in [1.165, 1.54) is 19.4 Å². The third-order valence-corrected chi connectivity index (χ3v) is 1.21. The topological polar surface area (TPSA) is 59.4 Å². The summed E-state index contributed by atoms with van der Waals surface area (Å²) < 4.78 is 4.72. The third-order valence-electron chi connectivity index (χ3n) is 1.21. The van der Waals surface area contributed by atoms with Gasteiger partial charge in [-0.25, -0.2) is 4.98 Å². The Kier molecular flexibility index (Phi) is 4.47. The predicted molar refractivity (Wildman–Crippen MR) is 37.8 cm³/mol. The van der Waals surface area contributed by atoms with Crippen LogP contribution in [0.5, 0.6) is 11.5 Å². The van der Waals surface area contributed by atoms with Crippen LogP contribution in [0.15, 0.2) is 12.3 Å². The first kappa shape index (κ1) is 11.1. The van der Waals surface area contributed by atoms with E-state index in [1.54, 1.807) is 0 Å². The molecule has 0 aromatic carbocycles. The number of aldehydes is 1. The van der Waals surface area contributed by atoms with Gasteiger partial charge in [0.25, 0.3) is 0 Å². The molecular formula is C7H7IrNO3. The Morgan fingerprint density at radius 3 is 2.75 bits per heavy atom. The summed E-state index contributed by atoms with van der Waals surface area (Å²) >= 11 is 0. The summed E-state index contributed by atoms with van der Waals surface area (Å²) in [6.45, 7) is 0. The van der Waals surface area contributed by atoms with Gasteiger partial charge in [-0.15, -0.1) is 0 Å². The van der Waals surface area contributed by atoms with Crippen LogP contribution < -0.4 is 4.74 Å². The minimum atomic E-state index is -0.0791. The second kappa shape index (κ2) is 4.85. The van der Waals surface area contributed by atoms with Crippen LogP contribution >= 0.6 is 0 Å². The number of ether oxygens (including phenoxy) is 1. The maximum atomic E-state index is 10.1. The van der Waals surface area contributed by atoms with E-state index >= 15 is 0 Å². The van der Waals surface area contributed by atoms with Crippen molar-refractivity contribution in [1.29, 1.82) is 0 Å². The van der Waals surface area contributed by atoms with Crippen LogP contribution in [-0.2, 0) is 20.1 Å². The molecule has 4 nitrogen and oxygen atoms in total. The van der Waals surface area contributed by atoms with Gasteiger partial charge in [0, 0.05) is 26.2 Å². The fourth-order valence-electron chi connectivity index (χ4n) is 0.669. The van der Waals surface area contributed by atoms with Gasteiger partial charge in [0.05, 0.1) is 13.3 Å². The number of methoxy groups -OCH3 is 1. The van der Waals surface area contributed by atoms with Crippen molar-refractivity contribution >= 4 is 6.29 Å². The predicted octanol–water partition coefficient (Wildman–Crippen LogP) is 0.606. The summed E-state index contributed by atoms with van der Waals surface area (Å²) in [5, 5.41) is 9.10. The molecular weight excluding hydrogens is 338 g/mol. The Balaban J connectivity index is 0.00000121. The van der Waals surface area contributed by atoms with Crippen molar-refractivity contribution in [2.75, 3.05) is 7.11 Å². The number of aromatic hydroxyl groups is 1. The van der Waals surface area contributed by atoms with Crippen LogP contribution in [0.25, 0.3) is 0 Å². The van der Waals surface area contributed by atoms with E-state index in [2.05, 4.69) is 4.98 Å². The molecule has 1 aromatic rings. The summed E-state index contributed by atoms with van der Waals surface area (Å²) in [5.41, 5.74) is 0.184. The van der Waals surface area contributed by atoms with Gasteiger partial charge in [0.1, 0.15) is 5.69 Å². The number of carbonyl (C=O) groups excluding carboxylic acids is 1.